The first-order chi connectivity index (χ1) is 16.5. The van der Waals surface area contributed by atoms with Crippen molar-refractivity contribution < 1.29 is 17.7 Å². The van der Waals surface area contributed by atoms with Crippen LogP contribution in [0.2, 0.25) is 0 Å². The maximum absolute atomic E-state index is 13.8. The molecule has 3 heterocycles. The Hall–Kier alpha value is -2.68. The number of rotatable bonds is 8. The number of aromatic nitrogens is 1. The van der Waals surface area contributed by atoms with Crippen LogP contribution in [0.3, 0.4) is 0 Å². The zero-order valence-electron chi connectivity index (χ0n) is 19.5. The molecule has 180 valence electrons. The van der Waals surface area contributed by atoms with Crippen molar-refractivity contribution in [1.29, 1.82) is 0 Å². The molecule has 1 unspecified atom stereocenters. The maximum atomic E-state index is 13.8. The average Bonchev–Trinajstić information content (AvgIpc) is 3.62. The van der Waals surface area contributed by atoms with E-state index in [4.69, 9.17) is 9.26 Å². The van der Waals surface area contributed by atoms with Crippen LogP contribution in [0, 0.1) is 6.92 Å². The highest BCUT2D eigenvalue weighted by Gasteiger charge is 2.33. The van der Waals surface area contributed by atoms with Gasteiger partial charge in [-0.15, -0.1) is 0 Å². The van der Waals surface area contributed by atoms with Crippen LogP contribution < -0.4 is 4.90 Å². The first kappa shape index (κ1) is 23.1. The highest BCUT2D eigenvalue weighted by Crippen LogP contribution is 2.35. The van der Waals surface area contributed by atoms with E-state index < -0.39 is 10.0 Å². The van der Waals surface area contributed by atoms with Crippen molar-refractivity contribution in [3.05, 3.63) is 65.7 Å². The highest BCUT2D eigenvalue weighted by atomic mass is 32.2. The summed E-state index contributed by atoms with van der Waals surface area (Å²) in [6, 6.07) is 16.9. The molecule has 2 aliphatic rings. The number of anilines is 1. The standard InChI is InChI=1S/C26H31N3O4S/c1-20-11-13-23(14-12-20)34(30,31)29(18-22-10-7-17-32-22)19-24-25(21-8-3-2-4-9-21)27-33-26(24)28-15-5-6-16-28/h2-4,8-9,11-14,22H,5-7,10,15-19H2,1H3. The lowest BCUT2D eigenvalue weighted by molar-refractivity contribution is 0.0926. The molecule has 2 aromatic carbocycles. The van der Waals surface area contributed by atoms with Crippen LogP contribution in [-0.4, -0.2) is 50.2 Å². The predicted octanol–water partition coefficient (Wildman–Crippen LogP) is 4.62. The summed E-state index contributed by atoms with van der Waals surface area (Å²) in [6.07, 6.45) is 3.86. The molecule has 2 saturated heterocycles. The fourth-order valence-electron chi connectivity index (χ4n) is 4.73. The van der Waals surface area contributed by atoms with Crippen molar-refractivity contribution in [1.82, 2.24) is 9.46 Å². The van der Waals surface area contributed by atoms with Gasteiger partial charge in [-0.25, -0.2) is 8.42 Å². The quantitative estimate of drug-likeness (QED) is 0.467. The van der Waals surface area contributed by atoms with E-state index in [-0.39, 0.29) is 17.5 Å². The van der Waals surface area contributed by atoms with Crippen molar-refractivity contribution in [3.8, 4) is 11.3 Å². The van der Waals surface area contributed by atoms with Crippen LogP contribution in [0.1, 0.15) is 36.8 Å². The minimum absolute atomic E-state index is 0.115. The summed E-state index contributed by atoms with van der Waals surface area (Å²) in [6.45, 7) is 4.86. The minimum atomic E-state index is -3.76. The first-order valence-corrected chi connectivity index (χ1v) is 13.4. The Morgan fingerprint density at radius 1 is 1.03 bits per heavy atom. The van der Waals surface area contributed by atoms with Crippen LogP contribution >= 0.6 is 0 Å². The van der Waals surface area contributed by atoms with Gasteiger partial charge in [-0.1, -0.05) is 53.2 Å². The summed E-state index contributed by atoms with van der Waals surface area (Å²) >= 11 is 0. The Bertz CT molecular complexity index is 1200. The van der Waals surface area contributed by atoms with Gasteiger partial charge in [0, 0.05) is 38.3 Å². The van der Waals surface area contributed by atoms with Crippen molar-refractivity contribution in [2.75, 3.05) is 31.1 Å². The molecule has 7 nitrogen and oxygen atoms in total. The van der Waals surface area contributed by atoms with Crippen LogP contribution in [0.15, 0.2) is 64.0 Å². The van der Waals surface area contributed by atoms with Gasteiger partial charge in [0.05, 0.1) is 16.6 Å². The molecule has 0 amide bonds. The third kappa shape index (κ3) is 4.76. The van der Waals surface area contributed by atoms with E-state index in [9.17, 15) is 8.42 Å². The van der Waals surface area contributed by atoms with Gasteiger partial charge in [0.2, 0.25) is 15.9 Å². The second-order valence-corrected chi connectivity index (χ2v) is 11.1. The van der Waals surface area contributed by atoms with Crippen molar-refractivity contribution in [2.45, 2.75) is 50.2 Å². The van der Waals surface area contributed by atoms with Gasteiger partial charge in [0.25, 0.3) is 0 Å². The Labute approximate surface area is 201 Å². The first-order valence-electron chi connectivity index (χ1n) is 12.0. The third-order valence-corrected chi connectivity index (χ3v) is 8.46. The topological polar surface area (TPSA) is 75.9 Å². The Morgan fingerprint density at radius 3 is 2.44 bits per heavy atom. The number of ether oxygens (including phenoxy) is 1. The van der Waals surface area contributed by atoms with E-state index in [1.54, 1.807) is 16.4 Å². The summed E-state index contributed by atoms with van der Waals surface area (Å²) in [7, 11) is -3.76. The number of sulfonamides is 1. The van der Waals surface area contributed by atoms with Gasteiger partial charge in [-0.2, -0.15) is 4.31 Å². The normalized spacial score (nSPS) is 18.8. The lowest BCUT2D eigenvalue weighted by Gasteiger charge is -2.26. The number of hydrogen-bond acceptors (Lipinski definition) is 6. The fourth-order valence-corrected chi connectivity index (χ4v) is 6.17. The van der Waals surface area contributed by atoms with Gasteiger partial charge < -0.3 is 14.2 Å². The van der Waals surface area contributed by atoms with Crippen LogP contribution in [0.4, 0.5) is 5.88 Å². The molecule has 2 fully saturated rings. The van der Waals surface area contributed by atoms with E-state index in [1.807, 2.05) is 49.4 Å². The van der Waals surface area contributed by atoms with Crippen LogP contribution in [-0.2, 0) is 21.3 Å². The molecule has 34 heavy (non-hydrogen) atoms. The minimum Gasteiger partial charge on any atom is -0.377 e. The lowest BCUT2D eigenvalue weighted by atomic mass is 10.1. The molecule has 8 heteroatoms. The summed E-state index contributed by atoms with van der Waals surface area (Å²) in [5.41, 5.74) is 3.43. The molecule has 3 aromatic rings. The van der Waals surface area contributed by atoms with E-state index in [0.717, 1.165) is 55.5 Å². The molecule has 1 atom stereocenters. The van der Waals surface area contributed by atoms with E-state index in [2.05, 4.69) is 10.1 Å². The zero-order chi connectivity index (χ0) is 23.5. The zero-order valence-corrected chi connectivity index (χ0v) is 20.3. The second kappa shape index (κ2) is 9.90. The van der Waals surface area contributed by atoms with Crippen LogP contribution in [0.25, 0.3) is 11.3 Å². The second-order valence-electron chi connectivity index (χ2n) is 9.12. The largest absolute Gasteiger partial charge is 0.377 e. The van der Waals surface area contributed by atoms with E-state index >= 15 is 0 Å². The molecule has 0 bridgehead atoms. The lowest BCUT2D eigenvalue weighted by Crippen LogP contribution is -2.37. The Kier molecular flexibility index (Phi) is 6.72. The molecule has 1 aromatic heterocycles. The van der Waals surface area contributed by atoms with E-state index in [0.29, 0.717) is 24.7 Å². The maximum Gasteiger partial charge on any atom is 0.243 e. The predicted molar refractivity (Wildman–Crippen MR) is 131 cm³/mol. The summed E-state index contributed by atoms with van der Waals surface area (Å²) in [5, 5.41) is 4.41. The van der Waals surface area contributed by atoms with Gasteiger partial charge in [-0.05, 0) is 44.7 Å². The molecule has 0 N–H and O–H groups in total. The van der Waals surface area contributed by atoms with Gasteiger partial charge in [0.1, 0.15) is 5.69 Å². The molecule has 0 saturated carbocycles. The van der Waals surface area contributed by atoms with Crippen molar-refractivity contribution >= 4 is 15.9 Å². The average molecular weight is 482 g/mol. The molecule has 0 radical (unpaired) electrons. The number of nitrogens with zero attached hydrogens (tertiary/aromatic N) is 3. The summed E-state index contributed by atoms with van der Waals surface area (Å²) < 4.78 is 40.9. The van der Waals surface area contributed by atoms with Crippen molar-refractivity contribution in [2.24, 2.45) is 0 Å². The number of benzene rings is 2. The smallest absolute Gasteiger partial charge is 0.243 e. The van der Waals surface area contributed by atoms with Crippen LogP contribution in [0.5, 0.6) is 0 Å². The molecule has 0 spiro atoms. The van der Waals surface area contributed by atoms with Crippen molar-refractivity contribution in [3.63, 3.8) is 0 Å². The molecule has 0 aliphatic carbocycles. The molecular weight excluding hydrogens is 450 g/mol. The van der Waals surface area contributed by atoms with E-state index in [1.165, 1.54) is 0 Å². The van der Waals surface area contributed by atoms with Gasteiger partial charge in [-0.3, -0.25) is 0 Å². The summed E-state index contributed by atoms with van der Waals surface area (Å²) in [4.78, 5) is 2.47. The molecule has 2 aliphatic heterocycles. The number of aryl methyl sites for hydroxylation is 1. The monoisotopic (exact) mass is 481 g/mol. The van der Waals surface area contributed by atoms with Gasteiger partial charge in [0.15, 0.2) is 0 Å². The third-order valence-electron chi connectivity index (χ3n) is 6.63. The Balaban J connectivity index is 1.56. The SMILES string of the molecule is Cc1ccc(S(=O)(=O)N(Cc2c(-c3ccccc3)noc2N2CCCC2)CC2CCCO2)cc1. The van der Waals surface area contributed by atoms with Gasteiger partial charge >= 0.3 is 0 Å². The Morgan fingerprint density at radius 2 is 1.76 bits per heavy atom. The summed E-state index contributed by atoms with van der Waals surface area (Å²) in [5.74, 6) is 0.674. The fraction of sp³-hybridized carbons (Fsp3) is 0.423. The molecular formula is C26H31N3O4S. The molecule has 5 rings (SSSR count). The number of hydrogen-bond donors (Lipinski definition) is 0. The highest BCUT2D eigenvalue weighted by molar-refractivity contribution is 7.89.